The third-order valence-corrected chi connectivity index (χ3v) is 6.28. The SMILES string of the molecule is CCCCCCCCC1CCC(CO[C@@H]2O[C@H](CO)[C@@H](O)[C@H](O)[C@H]2O)CC1. The summed E-state index contributed by atoms with van der Waals surface area (Å²) < 4.78 is 11.1. The van der Waals surface area contributed by atoms with Gasteiger partial charge in [-0.2, -0.15) is 0 Å². The van der Waals surface area contributed by atoms with Crippen molar-refractivity contribution in [2.75, 3.05) is 13.2 Å². The summed E-state index contributed by atoms with van der Waals surface area (Å²) in [5.41, 5.74) is 0. The van der Waals surface area contributed by atoms with Gasteiger partial charge in [0.2, 0.25) is 0 Å². The highest BCUT2D eigenvalue weighted by Crippen LogP contribution is 2.33. The molecule has 160 valence electrons. The normalized spacial score (nSPS) is 37.4. The Hall–Kier alpha value is -0.240. The zero-order valence-corrected chi connectivity index (χ0v) is 16.8. The van der Waals surface area contributed by atoms with Crippen molar-refractivity contribution in [2.24, 2.45) is 11.8 Å². The van der Waals surface area contributed by atoms with Gasteiger partial charge in [0.1, 0.15) is 24.4 Å². The molecule has 2 rings (SSSR count). The van der Waals surface area contributed by atoms with Crippen molar-refractivity contribution < 1.29 is 29.9 Å². The molecule has 2 fully saturated rings. The van der Waals surface area contributed by atoms with Crippen LogP contribution in [0.1, 0.15) is 77.6 Å². The van der Waals surface area contributed by atoms with E-state index in [1.165, 1.54) is 57.8 Å². The van der Waals surface area contributed by atoms with Crippen molar-refractivity contribution in [1.29, 1.82) is 0 Å². The second kappa shape index (κ2) is 12.3. The number of rotatable bonds is 11. The monoisotopic (exact) mass is 388 g/mol. The predicted molar refractivity (Wildman–Crippen MR) is 103 cm³/mol. The van der Waals surface area contributed by atoms with Gasteiger partial charge in [-0.1, -0.05) is 64.7 Å². The summed E-state index contributed by atoms with van der Waals surface area (Å²) >= 11 is 0. The van der Waals surface area contributed by atoms with Crippen molar-refractivity contribution >= 4 is 0 Å². The molecule has 0 aromatic carbocycles. The molecule has 1 heterocycles. The van der Waals surface area contributed by atoms with Crippen LogP contribution in [0.25, 0.3) is 0 Å². The highest BCUT2D eigenvalue weighted by Gasteiger charge is 2.44. The molecule has 1 saturated carbocycles. The molecule has 0 aromatic heterocycles. The lowest BCUT2D eigenvalue weighted by Crippen LogP contribution is -2.59. The van der Waals surface area contributed by atoms with Crippen LogP contribution in [0.5, 0.6) is 0 Å². The first-order valence-electron chi connectivity index (χ1n) is 11.0. The summed E-state index contributed by atoms with van der Waals surface area (Å²) in [6.07, 6.45) is 8.27. The van der Waals surface area contributed by atoms with Crippen LogP contribution in [0.4, 0.5) is 0 Å². The van der Waals surface area contributed by atoms with E-state index in [1.54, 1.807) is 0 Å². The van der Waals surface area contributed by atoms with Crippen molar-refractivity contribution in [3.8, 4) is 0 Å². The topological polar surface area (TPSA) is 99.4 Å². The molecule has 0 spiro atoms. The van der Waals surface area contributed by atoms with Crippen LogP contribution >= 0.6 is 0 Å². The average Bonchev–Trinajstić information content (AvgIpc) is 2.69. The van der Waals surface area contributed by atoms with E-state index >= 15 is 0 Å². The van der Waals surface area contributed by atoms with Crippen molar-refractivity contribution in [2.45, 2.75) is 108 Å². The first-order chi connectivity index (χ1) is 13.1. The number of hydrogen-bond donors (Lipinski definition) is 4. The van der Waals surface area contributed by atoms with Gasteiger partial charge in [0, 0.05) is 0 Å². The van der Waals surface area contributed by atoms with Gasteiger partial charge < -0.3 is 29.9 Å². The molecule has 2 aliphatic rings. The predicted octanol–water partition coefficient (Wildman–Crippen LogP) is 2.36. The zero-order valence-electron chi connectivity index (χ0n) is 16.8. The molecule has 1 saturated heterocycles. The van der Waals surface area contributed by atoms with Gasteiger partial charge in [-0.15, -0.1) is 0 Å². The fourth-order valence-electron chi connectivity index (χ4n) is 4.34. The van der Waals surface area contributed by atoms with E-state index in [4.69, 9.17) is 9.47 Å². The molecule has 1 aliphatic heterocycles. The first-order valence-corrected chi connectivity index (χ1v) is 11.0. The van der Waals surface area contributed by atoms with E-state index in [0.717, 1.165) is 18.8 Å². The molecule has 4 N–H and O–H groups in total. The van der Waals surface area contributed by atoms with Gasteiger partial charge in [0.05, 0.1) is 13.2 Å². The maximum Gasteiger partial charge on any atom is 0.186 e. The highest BCUT2D eigenvalue weighted by atomic mass is 16.7. The van der Waals surface area contributed by atoms with Gasteiger partial charge in [0.25, 0.3) is 0 Å². The van der Waals surface area contributed by atoms with Gasteiger partial charge in [-0.25, -0.2) is 0 Å². The van der Waals surface area contributed by atoms with Crippen LogP contribution in [0.2, 0.25) is 0 Å². The van der Waals surface area contributed by atoms with Gasteiger partial charge in [0.15, 0.2) is 6.29 Å². The minimum absolute atomic E-state index is 0.422. The number of aliphatic hydroxyl groups excluding tert-OH is 4. The summed E-state index contributed by atoms with van der Waals surface area (Å²) in [6, 6.07) is 0. The lowest BCUT2D eigenvalue weighted by atomic mass is 9.80. The fraction of sp³-hybridized carbons (Fsp3) is 1.00. The second-order valence-corrected chi connectivity index (χ2v) is 8.47. The van der Waals surface area contributed by atoms with Gasteiger partial charge in [-0.3, -0.25) is 0 Å². The molecule has 0 unspecified atom stereocenters. The van der Waals surface area contributed by atoms with Crippen LogP contribution in [0, 0.1) is 11.8 Å². The van der Waals surface area contributed by atoms with E-state index in [1.807, 2.05) is 0 Å². The van der Waals surface area contributed by atoms with Crippen LogP contribution in [-0.2, 0) is 9.47 Å². The quantitative estimate of drug-likeness (QED) is 0.406. The molecule has 0 amide bonds. The summed E-state index contributed by atoms with van der Waals surface area (Å²) in [5.74, 6) is 1.28. The van der Waals surface area contributed by atoms with E-state index < -0.39 is 37.3 Å². The molecular weight excluding hydrogens is 348 g/mol. The molecular formula is C21H40O6. The lowest BCUT2D eigenvalue weighted by Gasteiger charge is -2.40. The Morgan fingerprint density at radius 2 is 1.44 bits per heavy atom. The molecule has 6 heteroatoms. The lowest BCUT2D eigenvalue weighted by molar-refractivity contribution is -0.303. The van der Waals surface area contributed by atoms with E-state index in [-0.39, 0.29) is 0 Å². The fourth-order valence-corrected chi connectivity index (χ4v) is 4.34. The first kappa shape index (κ1) is 23.0. The number of unbranched alkanes of at least 4 members (excludes halogenated alkanes) is 5. The molecule has 0 bridgehead atoms. The largest absolute Gasteiger partial charge is 0.394 e. The van der Waals surface area contributed by atoms with Crippen LogP contribution in [0.3, 0.4) is 0 Å². The Morgan fingerprint density at radius 3 is 2.11 bits per heavy atom. The van der Waals surface area contributed by atoms with Crippen LogP contribution in [-0.4, -0.2) is 64.3 Å². The molecule has 1 aliphatic carbocycles. The van der Waals surface area contributed by atoms with Crippen molar-refractivity contribution in [3.63, 3.8) is 0 Å². The minimum atomic E-state index is -1.37. The minimum Gasteiger partial charge on any atom is -0.394 e. The Labute approximate surface area is 163 Å². The maximum absolute atomic E-state index is 10.0. The van der Waals surface area contributed by atoms with E-state index in [0.29, 0.717) is 12.5 Å². The summed E-state index contributed by atoms with van der Waals surface area (Å²) in [5, 5.41) is 38.9. The Balaban J connectivity index is 1.60. The Kier molecular flexibility index (Phi) is 10.5. The number of aliphatic hydroxyl groups is 4. The summed E-state index contributed by atoms with van der Waals surface area (Å²) in [4.78, 5) is 0. The Bertz CT molecular complexity index is 383. The van der Waals surface area contributed by atoms with Crippen LogP contribution < -0.4 is 0 Å². The standard InChI is InChI=1S/C21H40O6/c1-2-3-4-5-6-7-8-15-9-11-16(12-10-15)14-26-21-20(25)19(24)18(23)17(13-22)27-21/h15-25H,2-14H2,1H3/t15?,16?,17-,18-,19+,20-,21-/m1/s1. The molecule has 27 heavy (non-hydrogen) atoms. The molecule has 6 nitrogen and oxygen atoms in total. The molecule has 0 radical (unpaired) electrons. The summed E-state index contributed by atoms with van der Waals surface area (Å²) in [6.45, 7) is 2.31. The molecule has 0 aromatic rings. The van der Waals surface area contributed by atoms with Gasteiger partial charge in [-0.05, 0) is 24.7 Å². The molecule has 5 atom stereocenters. The zero-order chi connectivity index (χ0) is 19.6. The smallest absolute Gasteiger partial charge is 0.186 e. The van der Waals surface area contributed by atoms with Crippen LogP contribution in [0.15, 0.2) is 0 Å². The maximum atomic E-state index is 10.0. The number of ether oxygens (including phenoxy) is 2. The Morgan fingerprint density at radius 1 is 0.815 bits per heavy atom. The van der Waals surface area contributed by atoms with E-state index in [2.05, 4.69) is 6.92 Å². The summed E-state index contributed by atoms with van der Waals surface area (Å²) in [7, 11) is 0. The van der Waals surface area contributed by atoms with Crippen molar-refractivity contribution in [3.05, 3.63) is 0 Å². The highest BCUT2D eigenvalue weighted by molar-refractivity contribution is 4.89. The second-order valence-electron chi connectivity index (χ2n) is 8.47. The average molecular weight is 389 g/mol. The number of hydrogen-bond acceptors (Lipinski definition) is 6. The van der Waals surface area contributed by atoms with E-state index in [9.17, 15) is 20.4 Å². The van der Waals surface area contributed by atoms with Crippen molar-refractivity contribution in [1.82, 2.24) is 0 Å². The third-order valence-electron chi connectivity index (χ3n) is 6.28. The third kappa shape index (κ3) is 7.26. The van der Waals surface area contributed by atoms with Gasteiger partial charge >= 0.3 is 0 Å².